The van der Waals surface area contributed by atoms with Crippen LogP contribution in [0.4, 0.5) is 5.69 Å². The number of benzene rings is 4. The molecule has 4 aromatic carbocycles. The Balaban J connectivity index is 1.97. The maximum Gasteiger partial charge on any atom is 0.195 e. The van der Waals surface area contributed by atoms with Crippen molar-refractivity contribution in [3.05, 3.63) is 90.0 Å². The molecule has 0 aliphatic heterocycles. The summed E-state index contributed by atoms with van der Waals surface area (Å²) in [4.78, 5) is 12.8. The third-order valence-electron chi connectivity index (χ3n) is 4.31. The molecule has 4 aromatic rings. The molecule has 0 aromatic heterocycles. The number of hydrogen-bond donors (Lipinski definition) is 2. The molecule has 0 aliphatic rings. The number of anilines is 1. The zero-order chi connectivity index (χ0) is 16.5. The van der Waals surface area contributed by atoms with Crippen molar-refractivity contribution in [2.24, 2.45) is 5.84 Å². The van der Waals surface area contributed by atoms with Crippen LogP contribution >= 0.6 is 0 Å². The van der Waals surface area contributed by atoms with Crippen molar-refractivity contribution < 1.29 is 4.79 Å². The molecule has 0 atom stereocenters. The summed E-state index contributed by atoms with van der Waals surface area (Å²) in [5.74, 6) is 5.73. The van der Waals surface area contributed by atoms with Gasteiger partial charge in [0, 0.05) is 16.5 Å². The van der Waals surface area contributed by atoms with Crippen molar-refractivity contribution in [1.29, 1.82) is 0 Å². The fourth-order valence-corrected chi connectivity index (χ4v) is 3.10. The normalized spacial score (nSPS) is 10.9. The van der Waals surface area contributed by atoms with Crippen LogP contribution in [0.2, 0.25) is 0 Å². The molecular weight excluding hydrogens is 296 g/mol. The van der Waals surface area contributed by atoms with E-state index in [1.54, 1.807) is 0 Å². The molecule has 0 unspecified atom stereocenters. The highest BCUT2D eigenvalue weighted by Crippen LogP contribution is 2.32. The van der Waals surface area contributed by atoms with Gasteiger partial charge in [-0.05, 0) is 34.4 Å². The van der Waals surface area contributed by atoms with Crippen LogP contribution in [0.1, 0.15) is 15.9 Å². The van der Waals surface area contributed by atoms with E-state index in [0.29, 0.717) is 16.8 Å². The highest BCUT2D eigenvalue weighted by molar-refractivity contribution is 6.17. The highest BCUT2D eigenvalue weighted by Gasteiger charge is 2.16. The van der Waals surface area contributed by atoms with Crippen molar-refractivity contribution in [3.63, 3.8) is 0 Å². The number of nitrogens with two attached hydrogens (primary N) is 1. The number of carbonyl (C=O) groups excluding carboxylic acids is 1. The summed E-state index contributed by atoms with van der Waals surface area (Å²) in [5.41, 5.74) is 4.62. The Morgan fingerprint density at radius 3 is 2.12 bits per heavy atom. The largest absolute Gasteiger partial charge is 0.323 e. The number of nitrogen functional groups attached to an aromatic ring is 1. The molecule has 4 rings (SSSR count). The van der Waals surface area contributed by atoms with E-state index in [-0.39, 0.29) is 5.78 Å². The minimum Gasteiger partial charge on any atom is -0.323 e. The van der Waals surface area contributed by atoms with Crippen molar-refractivity contribution in [1.82, 2.24) is 0 Å². The Kier molecular flexibility index (Phi) is 3.48. The SMILES string of the molecule is NNc1c(C(=O)c2ccccc2)ccc2cc3ccccc3cc12. The minimum atomic E-state index is -0.0430. The monoisotopic (exact) mass is 312 g/mol. The second-order valence-electron chi connectivity index (χ2n) is 5.75. The summed E-state index contributed by atoms with van der Waals surface area (Å²) < 4.78 is 0. The first-order valence-electron chi connectivity index (χ1n) is 7.80. The molecule has 24 heavy (non-hydrogen) atoms. The maximum atomic E-state index is 12.8. The van der Waals surface area contributed by atoms with Crippen molar-refractivity contribution >= 4 is 33.0 Å². The third-order valence-corrected chi connectivity index (χ3v) is 4.31. The van der Waals surface area contributed by atoms with Crippen molar-refractivity contribution in [2.45, 2.75) is 0 Å². The lowest BCUT2D eigenvalue weighted by Gasteiger charge is -2.13. The second-order valence-corrected chi connectivity index (χ2v) is 5.75. The molecule has 3 heteroatoms. The van der Waals surface area contributed by atoms with E-state index < -0.39 is 0 Å². The van der Waals surface area contributed by atoms with Gasteiger partial charge >= 0.3 is 0 Å². The number of ketones is 1. The summed E-state index contributed by atoms with van der Waals surface area (Å²) >= 11 is 0. The van der Waals surface area contributed by atoms with E-state index in [1.807, 2.05) is 54.6 Å². The summed E-state index contributed by atoms with van der Waals surface area (Å²) in [6, 6.07) is 25.4. The molecule has 0 amide bonds. The average Bonchev–Trinajstić information content (AvgIpc) is 2.65. The van der Waals surface area contributed by atoms with Gasteiger partial charge in [-0.3, -0.25) is 10.6 Å². The Morgan fingerprint density at radius 2 is 1.42 bits per heavy atom. The van der Waals surface area contributed by atoms with Crippen LogP contribution in [-0.4, -0.2) is 5.78 Å². The van der Waals surface area contributed by atoms with Gasteiger partial charge in [0.1, 0.15) is 0 Å². The first-order chi connectivity index (χ1) is 11.8. The molecule has 0 fully saturated rings. The number of carbonyl (C=O) groups is 1. The average molecular weight is 312 g/mol. The fourth-order valence-electron chi connectivity index (χ4n) is 3.10. The van der Waals surface area contributed by atoms with E-state index in [2.05, 4.69) is 29.7 Å². The van der Waals surface area contributed by atoms with Gasteiger partial charge in [0.2, 0.25) is 0 Å². The Labute approximate surface area is 139 Å². The number of fused-ring (bicyclic) bond motifs is 2. The standard InChI is InChI=1S/C21H16N2O/c22-23-20-18(21(24)14-6-2-1-3-7-14)11-10-17-12-15-8-4-5-9-16(15)13-19(17)20/h1-13,23H,22H2. The topological polar surface area (TPSA) is 55.1 Å². The summed E-state index contributed by atoms with van der Waals surface area (Å²) in [7, 11) is 0. The first-order valence-corrected chi connectivity index (χ1v) is 7.80. The molecule has 3 nitrogen and oxygen atoms in total. The lowest BCUT2D eigenvalue weighted by Crippen LogP contribution is -2.13. The molecule has 116 valence electrons. The Morgan fingerprint density at radius 1 is 0.750 bits per heavy atom. The third kappa shape index (κ3) is 2.32. The van der Waals surface area contributed by atoms with Crippen LogP contribution in [-0.2, 0) is 0 Å². The predicted molar refractivity (Wildman–Crippen MR) is 99.1 cm³/mol. The molecule has 0 radical (unpaired) electrons. The predicted octanol–water partition coefficient (Wildman–Crippen LogP) is 4.51. The van der Waals surface area contributed by atoms with E-state index in [1.165, 1.54) is 0 Å². The number of rotatable bonds is 3. The maximum absolute atomic E-state index is 12.8. The van der Waals surface area contributed by atoms with Gasteiger partial charge in [0.25, 0.3) is 0 Å². The number of nitrogens with one attached hydrogen (secondary N) is 1. The smallest absolute Gasteiger partial charge is 0.195 e. The van der Waals surface area contributed by atoms with Crippen LogP contribution in [0.3, 0.4) is 0 Å². The van der Waals surface area contributed by atoms with Crippen molar-refractivity contribution in [3.8, 4) is 0 Å². The Bertz CT molecular complexity index is 1060. The quantitative estimate of drug-likeness (QED) is 0.253. The summed E-state index contributed by atoms with van der Waals surface area (Å²) in [6.45, 7) is 0. The lowest BCUT2D eigenvalue weighted by molar-refractivity contribution is 0.103. The van der Waals surface area contributed by atoms with Crippen LogP contribution < -0.4 is 11.3 Å². The van der Waals surface area contributed by atoms with Gasteiger partial charge in [-0.25, -0.2) is 0 Å². The van der Waals surface area contributed by atoms with Crippen LogP contribution in [0, 0.1) is 0 Å². The highest BCUT2D eigenvalue weighted by atomic mass is 16.1. The van der Waals surface area contributed by atoms with Gasteiger partial charge in [0.15, 0.2) is 5.78 Å². The first kappa shape index (κ1) is 14.4. The molecule has 3 N–H and O–H groups in total. The van der Waals surface area contributed by atoms with E-state index in [4.69, 9.17) is 5.84 Å². The van der Waals surface area contributed by atoms with Gasteiger partial charge in [-0.15, -0.1) is 0 Å². The van der Waals surface area contributed by atoms with Gasteiger partial charge in [0.05, 0.1) is 5.69 Å². The summed E-state index contributed by atoms with van der Waals surface area (Å²) in [5, 5.41) is 4.27. The van der Waals surface area contributed by atoms with E-state index in [0.717, 1.165) is 21.5 Å². The van der Waals surface area contributed by atoms with Gasteiger partial charge < -0.3 is 5.43 Å². The molecular formula is C21H16N2O. The van der Waals surface area contributed by atoms with E-state index in [9.17, 15) is 4.79 Å². The molecule has 0 saturated heterocycles. The molecule has 0 saturated carbocycles. The van der Waals surface area contributed by atoms with E-state index >= 15 is 0 Å². The zero-order valence-electron chi connectivity index (χ0n) is 13.0. The Hall–Kier alpha value is -3.17. The number of hydrazine groups is 1. The zero-order valence-corrected chi connectivity index (χ0v) is 13.0. The van der Waals surface area contributed by atoms with Crippen LogP contribution in [0.15, 0.2) is 78.9 Å². The minimum absolute atomic E-state index is 0.0430. The van der Waals surface area contributed by atoms with Crippen molar-refractivity contribution in [2.75, 3.05) is 5.43 Å². The van der Waals surface area contributed by atoms with Gasteiger partial charge in [-0.1, -0.05) is 60.7 Å². The number of hydrogen-bond acceptors (Lipinski definition) is 3. The molecule has 0 aliphatic carbocycles. The second kappa shape index (κ2) is 5.80. The van der Waals surface area contributed by atoms with Crippen LogP contribution in [0.5, 0.6) is 0 Å². The lowest BCUT2D eigenvalue weighted by atomic mass is 9.95. The van der Waals surface area contributed by atoms with Crippen LogP contribution in [0.25, 0.3) is 21.5 Å². The molecule has 0 spiro atoms. The molecule has 0 heterocycles. The molecule has 0 bridgehead atoms. The van der Waals surface area contributed by atoms with Gasteiger partial charge in [-0.2, -0.15) is 0 Å². The summed E-state index contributed by atoms with van der Waals surface area (Å²) in [6.07, 6.45) is 0. The fraction of sp³-hybridized carbons (Fsp3) is 0.